The molecule has 0 spiro atoms. The summed E-state index contributed by atoms with van der Waals surface area (Å²) in [4.78, 5) is 10.6. The molecule has 6 heteroatoms. The molecule has 0 saturated carbocycles. The molecule has 0 saturated heterocycles. The first-order valence-electron chi connectivity index (χ1n) is 3.44. The molecule has 0 aliphatic heterocycles. The minimum absolute atomic E-state index is 0.209. The second-order valence-corrected chi connectivity index (χ2v) is 4.36. The quantitative estimate of drug-likeness (QED) is 0.613. The van der Waals surface area contributed by atoms with Gasteiger partial charge in [-0.05, 0) is 13.8 Å². The first kappa shape index (κ1) is 11.4. The number of sulfonamides is 1. The van der Waals surface area contributed by atoms with Crippen LogP contribution in [0.4, 0.5) is 0 Å². The van der Waals surface area contributed by atoms with Crippen molar-refractivity contribution in [2.24, 2.45) is 0 Å². The fraction of sp³-hybridized carbons (Fsp3) is 0.833. The zero-order valence-corrected chi connectivity index (χ0v) is 8.14. The molecule has 0 aromatic carbocycles. The number of hydrogen-bond acceptors (Lipinski definition) is 4. The summed E-state index contributed by atoms with van der Waals surface area (Å²) >= 11 is 0. The predicted octanol–water partition coefficient (Wildman–Crippen LogP) is -0.513. The monoisotopic (exact) mass is 195 g/mol. The molecule has 0 atom stereocenters. The summed E-state index contributed by atoms with van der Waals surface area (Å²) in [5, 5.41) is 0. The lowest BCUT2D eigenvalue weighted by atomic mass is 10.4. The van der Waals surface area contributed by atoms with E-state index in [1.54, 1.807) is 13.8 Å². The molecule has 72 valence electrons. The summed E-state index contributed by atoms with van der Waals surface area (Å²) in [6.07, 6.45) is 0. The zero-order chi connectivity index (χ0) is 9.78. The molecular weight excluding hydrogens is 182 g/mol. The highest BCUT2D eigenvalue weighted by Gasteiger charge is 2.17. The maximum absolute atomic E-state index is 11.0. The van der Waals surface area contributed by atoms with Crippen molar-refractivity contribution in [3.63, 3.8) is 0 Å². The van der Waals surface area contributed by atoms with E-state index in [4.69, 9.17) is 0 Å². The third kappa shape index (κ3) is 5.09. The largest absolute Gasteiger partial charge is 0.468 e. The molecule has 0 bridgehead atoms. The van der Waals surface area contributed by atoms with Crippen LogP contribution in [0.5, 0.6) is 0 Å². The van der Waals surface area contributed by atoms with Crippen LogP contribution in [0.3, 0.4) is 0 Å². The highest BCUT2D eigenvalue weighted by atomic mass is 32.2. The molecule has 0 amide bonds. The predicted molar refractivity (Wildman–Crippen MR) is 44.1 cm³/mol. The van der Waals surface area contributed by atoms with Gasteiger partial charge in [-0.15, -0.1) is 0 Å². The summed E-state index contributed by atoms with van der Waals surface area (Å²) in [5.41, 5.74) is 0. The molecule has 0 heterocycles. The van der Waals surface area contributed by atoms with E-state index in [2.05, 4.69) is 9.46 Å². The number of ether oxygens (including phenoxy) is 1. The average molecular weight is 195 g/mol. The van der Waals surface area contributed by atoms with Crippen LogP contribution in [0.2, 0.25) is 0 Å². The Balaban J connectivity index is 4.15. The minimum Gasteiger partial charge on any atom is -0.468 e. The third-order valence-corrected chi connectivity index (χ3v) is 2.40. The highest BCUT2D eigenvalue weighted by Crippen LogP contribution is 1.89. The van der Waals surface area contributed by atoms with Crippen LogP contribution >= 0.6 is 0 Å². The first-order valence-corrected chi connectivity index (χ1v) is 5.09. The van der Waals surface area contributed by atoms with E-state index in [0.29, 0.717) is 0 Å². The van der Waals surface area contributed by atoms with Gasteiger partial charge in [0.15, 0.2) is 5.75 Å². The topological polar surface area (TPSA) is 72.5 Å². The van der Waals surface area contributed by atoms with Crippen LogP contribution in [0, 0.1) is 0 Å². The van der Waals surface area contributed by atoms with E-state index >= 15 is 0 Å². The van der Waals surface area contributed by atoms with Crippen molar-refractivity contribution < 1.29 is 17.9 Å². The van der Waals surface area contributed by atoms with Gasteiger partial charge in [-0.25, -0.2) is 13.1 Å². The smallest absolute Gasteiger partial charge is 0.322 e. The molecule has 0 rings (SSSR count). The Kier molecular flexibility index (Phi) is 4.19. The molecule has 0 aromatic heterocycles. The van der Waals surface area contributed by atoms with Gasteiger partial charge < -0.3 is 4.74 Å². The number of carbonyl (C=O) groups is 1. The van der Waals surface area contributed by atoms with Crippen LogP contribution in [-0.2, 0) is 19.6 Å². The van der Waals surface area contributed by atoms with Crippen LogP contribution in [-0.4, -0.2) is 33.3 Å². The Morgan fingerprint density at radius 3 is 2.33 bits per heavy atom. The second-order valence-electron chi connectivity index (χ2n) is 2.61. The van der Waals surface area contributed by atoms with Crippen LogP contribution in [0.1, 0.15) is 13.8 Å². The van der Waals surface area contributed by atoms with Crippen molar-refractivity contribution in [1.82, 2.24) is 4.72 Å². The Morgan fingerprint density at radius 2 is 2.00 bits per heavy atom. The molecule has 0 aliphatic carbocycles. The SMILES string of the molecule is COC(=O)CS(=O)(=O)NC(C)C. The summed E-state index contributed by atoms with van der Waals surface area (Å²) in [6, 6.07) is -0.209. The Labute approximate surface area is 72.1 Å². The second kappa shape index (κ2) is 4.42. The van der Waals surface area contributed by atoms with Gasteiger partial charge in [-0.2, -0.15) is 0 Å². The van der Waals surface area contributed by atoms with E-state index in [1.807, 2.05) is 0 Å². The van der Waals surface area contributed by atoms with E-state index in [1.165, 1.54) is 0 Å². The fourth-order valence-corrected chi connectivity index (χ4v) is 1.84. The van der Waals surface area contributed by atoms with Gasteiger partial charge in [0, 0.05) is 6.04 Å². The average Bonchev–Trinajstić information content (AvgIpc) is 1.83. The van der Waals surface area contributed by atoms with Crippen molar-refractivity contribution in [2.75, 3.05) is 12.9 Å². The van der Waals surface area contributed by atoms with Crippen molar-refractivity contribution in [3.05, 3.63) is 0 Å². The lowest BCUT2D eigenvalue weighted by Gasteiger charge is -2.07. The normalized spacial score (nSPS) is 11.7. The van der Waals surface area contributed by atoms with Gasteiger partial charge in [-0.1, -0.05) is 0 Å². The van der Waals surface area contributed by atoms with E-state index in [0.717, 1.165) is 7.11 Å². The van der Waals surface area contributed by atoms with E-state index < -0.39 is 21.7 Å². The molecular formula is C6H13NO4S. The first-order chi connectivity index (χ1) is 5.37. The molecule has 5 nitrogen and oxygen atoms in total. The summed E-state index contributed by atoms with van der Waals surface area (Å²) in [6.45, 7) is 3.35. The summed E-state index contributed by atoms with van der Waals surface area (Å²) < 4.78 is 28.5. The number of rotatable bonds is 4. The molecule has 1 N–H and O–H groups in total. The fourth-order valence-electron chi connectivity index (χ4n) is 0.615. The van der Waals surface area contributed by atoms with Gasteiger partial charge in [-0.3, -0.25) is 4.79 Å². The number of carbonyl (C=O) groups excluding carboxylic acids is 1. The van der Waals surface area contributed by atoms with Gasteiger partial charge in [0.25, 0.3) is 0 Å². The minimum atomic E-state index is -3.52. The number of esters is 1. The van der Waals surface area contributed by atoms with Crippen LogP contribution in [0.25, 0.3) is 0 Å². The maximum Gasteiger partial charge on any atom is 0.322 e. The van der Waals surface area contributed by atoms with E-state index in [-0.39, 0.29) is 6.04 Å². The summed E-state index contributed by atoms with van der Waals surface area (Å²) in [5.74, 6) is -1.38. The standard InChI is InChI=1S/C6H13NO4S/c1-5(2)7-12(9,10)4-6(8)11-3/h5,7H,4H2,1-3H3. The summed E-state index contributed by atoms with van der Waals surface area (Å²) in [7, 11) is -2.37. The Bertz CT molecular complexity index is 244. The zero-order valence-electron chi connectivity index (χ0n) is 7.33. The molecule has 12 heavy (non-hydrogen) atoms. The van der Waals surface area contributed by atoms with E-state index in [9.17, 15) is 13.2 Å². The van der Waals surface area contributed by atoms with Crippen molar-refractivity contribution in [2.45, 2.75) is 19.9 Å². The maximum atomic E-state index is 11.0. The van der Waals surface area contributed by atoms with Crippen LogP contribution < -0.4 is 4.72 Å². The Morgan fingerprint density at radius 1 is 1.50 bits per heavy atom. The number of nitrogens with one attached hydrogen (secondary N) is 1. The van der Waals surface area contributed by atoms with Gasteiger partial charge in [0.1, 0.15) is 0 Å². The molecule has 0 aliphatic rings. The van der Waals surface area contributed by atoms with Gasteiger partial charge in [0.05, 0.1) is 7.11 Å². The lowest BCUT2D eigenvalue weighted by Crippen LogP contribution is -2.35. The van der Waals surface area contributed by atoms with Crippen LogP contribution in [0.15, 0.2) is 0 Å². The number of hydrogen-bond donors (Lipinski definition) is 1. The van der Waals surface area contributed by atoms with Crippen molar-refractivity contribution in [3.8, 4) is 0 Å². The molecule has 0 aromatic rings. The molecule has 0 fully saturated rings. The van der Waals surface area contributed by atoms with Gasteiger partial charge >= 0.3 is 5.97 Å². The van der Waals surface area contributed by atoms with Crippen molar-refractivity contribution >= 4 is 16.0 Å². The molecule has 0 unspecified atom stereocenters. The Hall–Kier alpha value is -0.620. The lowest BCUT2D eigenvalue weighted by molar-refractivity contribution is -0.137. The molecule has 0 radical (unpaired) electrons. The highest BCUT2D eigenvalue weighted by molar-refractivity contribution is 7.90. The third-order valence-electron chi connectivity index (χ3n) is 0.951. The van der Waals surface area contributed by atoms with Gasteiger partial charge in [0.2, 0.25) is 10.0 Å². The van der Waals surface area contributed by atoms with Crippen molar-refractivity contribution in [1.29, 1.82) is 0 Å². The number of methoxy groups -OCH3 is 1.